The molecule has 0 aliphatic heterocycles. The van der Waals surface area contributed by atoms with Crippen LogP contribution in [0.5, 0.6) is 0 Å². The Morgan fingerprint density at radius 2 is 1.88 bits per heavy atom. The van der Waals surface area contributed by atoms with Crippen molar-refractivity contribution in [2.24, 2.45) is 10.9 Å². The van der Waals surface area contributed by atoms with Gasteiger partial charge in [0, 0.05) is 20.1 Å². The third-order valence-corrected chi connectivity index (χ3v) is 5.38. The van der Waals surface area contributed by atoms with E-state index in [4.69, 9.17) is 0 Å². The van der Waals surface area contributed by atoms with Crippen molar-refractivity contribution in [1.82, 2.24) is 10.6 Å². The highest BCUT2D eigenvalue weighted by atomic mass is 32.2. The number of anilines is 1. The van der Waals surface area contributed by atoms with E-state index in [0.29, 0.717) is 12.2 Å². The minimum Gasteiger partial charge on any atom is -0.356 e. The van der Waals surface area contributed by atoms with Crippen LogP contribution in [0.4, 0.5) is 5.69 Å². The molecule has 26 heavy (non-hydrogen) atoms. The molecule has 0 spiro atoms. The summed E-state index contributed by atoms with van der Waals surface area (Å²) in [6.45, 7) is 1.40. The van der Waals surface area contributed by atoms with E-state index in [1.54, 1.807) is 13.1 Å². The highest BCUT2D eigenvalue weighted by Crippen LogP contribution is 2.26. The molecule has 0 unspecified atom stereocenters. The summed E-state index contributed by atoms with van der Waals surface area (Å²) in [5.41, 5.74) is 1.47. The molecule has 0 heterocycles. The Labute approximate surface area is 157 Å². The first-order valence-electron chi connectivity index (χ1n) is 9.48. The Hall–Kier alpha value is -1.76. The van der Waals surface area contributed by atoms with Gasteiger partial charge >= 0.3 is 0 Å². The molecular weight excluding hydrogens is 348 g/mol. The molecule has 1 aromatic rings. The molecule has 3 N–H and O–H groups in total. The molecule has 1 saturated carbocycles. The molecule has 0 radical (unpaired) electrons. The molecule has 0 atom stereocenters. The Morgan fingerprint density at radius 1 is 1.15 bits per heavy atom. The average molecular weight is 381 g/mol. The molecule has 1 aliphatic rings. The maximum atomic E-state index is 11.5. The Bertz CT molecular complexity index is 683. The van der Waals surface area contributed by atoms with Crippen molar-refractivity contribution in [2.75, 3.05) is 24.6 Å². The Kier molecular flexibility index (Phi) is 8.22. The molecule has 1 aromatic carbocycles. The summed E-state index contributed by atoms with van der Waals surface area (Å²) in [7, 11) is -1.55. The Morgan fingerprint density at radius 3 is 2.58 bits per heavy atom. The number of sulfonamides is 1. The fourth-order valence-corrected chi connectivity index (χ4v) is 4.05. The normalized spacial score (nSPS) is 16.3. The summed E-state index contributed by atoms with van der Waals surface area (Å²) < 4.78 is 25.5. The van der Waals surface area contributed by atoms with E-state index in [2.05, 4.69) is 20.3 Å². The van der Waals surface area contributed by atoms with Crippen LogP contribution in [0.1, 0.15) is 50.5 Å². The van der Waals surface area contributed by atoms with Crippen molar-refractivity contribution in [2.45, 2.75) is 51.5 Å². The van der Waals surface area contributed by atoms with E-state index in [0.717, 1.165) is 36.7 Å². The van der Waals surface area contributed by atoms with Gasteiger partial charge in [-0.1, -0.05) is 50.3 Å². The summed E-state index contributed by atoms with van der Waals surface area (Å²) in [6.07, 6.45) is 10.5. The van der Waals surface area contributed by atoms with Crippen LogP contribution >= 0.6 is 0 Å². The zero-order valence-electron chi connectivity index (χ0n) is 15.9. The number of rotatable bonds is 8. The zero-order chi connectivity index (χ0) is 18.8. The fourth-order valence-electron chi connectivity index (χ4n) is 3.45. The van der Waals surface area contributed by atoms with Crippen molar-refractivity contribution < 1.29 is 8.42 Å². The standard InChI is InChI=1S/C19H32N4O2S/c1-20-19(21-14-8-11-16-9-4-3-5-10-16)22-15-17-12-6-7-13-18(17)23-26(2,24)25/h6-7,12-13,16,23H,3-5,8-11,14-15H2,1-2H3,(H2,20,21,22). The van der Waals surface area contributed by atoms with Gasteiger partial charge in [-0.05, 0) is 30.4 Å². The highest BCUT2D eigenvalue weighted by Gasteiger charge is 2.12. The van der Waals surface area contributed by atoms with Gasteiger partial charge in [0.25, 0.3) is 0 Å². The van der Waals surface area contributed by atoms with E-state index in [1.165, 1.54) is 38.5 Å². The number of guanidine groups is 1. The third-order valence-electron chi connectivity index (χ3n) is 4.79. The first-order chi connectivity index (χ1) is 12.5. The monoisotopic (exact) mass is 380 g/mol. The maximum absolute atomic E-state index is 11.5. The lowest BCUT2D eigenvalue weighted by molar-refractivity contribution is 0.332. The molecule has 146 valence electrons. The quantitative estimate of drug-likeness (QED) is 0.368. The molecule has 6 nitrogen and oxygen atoms in total. The van der Waals surface area contributed by atoms with Gasteiger partial charge in [-0.2, -0.15) is 0 Å². The number of benzene rings is 1. The number of para-hydroxylation sites is 1. The van der Waals surface area contributed by atoms with E-state index in [-0.39, 0.29) is 0 Å². The van der Waals surface area contributed by atoms with Gasteiger partial charge in [0.1, 0.15) is 0 Å². The second kappa shape index (κ2) is 10.4. The van der Waals surface area contributed by atoms with Gasteiger partial charge in [0.2, 0.25) is 10.0 Å². The topological polar surface area (TPSA) is 82.6 Å². The van der Waals surface area contributed by atoms with Crippen molar-refractivity contribution in [3.05, 3.63) is 29.8 Å². The lowest BCUT2D eigenvalue weighted by Gasteiger charge is -2.21. The maximum Gasteiger partial charge on any atom is 0.229 e. The molecular formula is C19H32N4O2S. The zero-order valence-corrected chi connectivity index (χ0v) is 16.7. The summed E-state index contributed by atoms with van der Waals surface area (Å²) in [5, 5.41) is 6.60. The number of hydrogen-bond acceptors (Lipinski definition) is 3. The van der Waals surface area contributed by atoms with Gasteiger partial charge in [-0.3, -0.25) is 9.71 Å². The molecule has 0 saturated heterocycles. The third kappa shape index (κ3) is 7.64. The lowest BCUT2D eigenvalue weighted by atomic mass is 9.86. The van der Waals surface area contributed by atoms with Crippen LogP contribution < -0.4 is 15.4 Å². The van der Waals surface area contributed by atoms with E-state index < -0.39 is 10.0 Å². The van der Waals surface area contributed by atoms with Gasteiger partial charge < -0.3 is 10.6 Å². The van der Waals surface area contributed by atoms with Gasteiger partial charge in [-0.15, -0.1) is 0 Å². The second-order valence-corrected chi connectivity index (χ2v) is 8.78. The molecule has 0 amide bonds. The van der Waals surface area contributed by atoms with Gasteiger partial charge in [0.05, 0.1) is 11.9 Å². The van der Waals surface area contributed by atoms with Crippen LogP contribution in [0.25, 0.3) is 0 Å². The van der Waals surface area contributed by atoms with Crippen molar-refractivity contribution in [3.63, 3.8) is 0 Å². The minimum absolute atomic E-state index is 0.501. The minimum atomic E-state index is -3.30. The van der Waals surface area contributed by atoms with Crippen LogP contribution in [0.2, 0.25) is 0 Å². The first kappa shape index (κ1) is 20.6. The van der Waals surface area contributed by atoms with Crippen LogP contribution in [-0.2, 0) is 16.6 Å². The van der Waals surface area contributed by atoms with E-state index in [9.17, 15) is 8.42 Å². The highest BCUT2D eigenvalue weighted by molar-refractivity contribution is 7.92. The molecule has 0 aromatic heterocycles. The van der Waals surface area contributed by atoms with E-state index in [1.807, 2.05) is 18.2 Å². The number of hydrogen-bond donors (Lipinski definition) is 3. The average Bonchev–Trinajstić information content (AvgIpc) is 2.62. The van der Waals surface area contributed by atoms with Crippen molar-refractivity contribution in [1.29, 1.82) is 0 Å². The van der Waals surface area contributed by atoms with Crippen LogP contribution in [-0.4, -0.2) is 34.2 Å². The van der Waals surface area contributed by atoms with Gasteiger partial charge in [-0.25, -0.2) is 8.42 Å². The predicted octanol–water partition coefficient (Wildman–Crippen LogP) is 3.08. The Balaban J connectivity index is 1.76. The van der Waals surface area contributed by atoms with Gasteiger partial charge in [0.15, 0.2) is 5.96 Å². The molecule has 1 aliphatic carbocycles. The summed E-state index contributed by atoms with van der Waals surface area (Å²) >= 11 is 0. The van der Waals surface area contributed by atoms with Crippen molar-refractivity contribution >= 4 is 21.7 Å². The fraction of sp³-hybridized carbons (Fsp3) is 0.632. The van der Waals surface area contributed by atoms with Crippen LogP contribution in [0.15, 0.2) is 29.3 Å². The van der Waals surface area contributed by atoms with Crippen LogP contribution in [0, 0.1) is 5.92 Å². The SMILES string of the molecule is CN=C(NCCCC1CCCCC1)NCc1ccccc1NS(C)(=O)=O. The summed E-state index contributed by atoms with van der Waals surface area (Å²) in [4.78, 5) is 4.25. The number of aliphatic imine (C=N–C) groups is 1. The predicted molar refractivity (Wildman–Crippen MR) is 109 cm³/mol. The lowest BCUT2D eigenvalue weighted by Crippen LogP contribution is -2.37. The smallest absolute Gasteiger partial charge is 0.229 e. The molecule has 2 rings (SSSR count). The summed E-state index contributed by atoms with van der Waals surface area (Å²) in [5.74, 6) is 1.64. The first-order valence-corrected chi connectivity index (χ1v) is 11.4. The second-order valence-electron chi connectivity index (χ2n) is 7.03. The summed E-state index contributed by atoms with van der Waals surface area (Å²) in [6, 6.07) is 7.37. The van der Waals surface area contributed by atoms with Crippen LogP contribution in [0.3, 0.4) is 0 Å². The molecule has 0 bridgehead atoms. The largest absolute Gasteiger partial charge is 0.356 e. The molecule has 1 fully saturated rings. The number of nitrogens with zero attached hydrogens (tertiary/aromatic N) is 1. The van der Waals surface area contributed by atoms with E-state index >= 15 is 0 Å². The molecule has 7 heteroatoms. The number of nitrogens with one attached hydrogen (secondary N) is 3. The van der Waals surface area contributed by atoms with Crippen molar-refractivity contribution in [3.8, 4) is 0 Å².